The summed E-state index contributed by atoms with van der Waals surface area (Å²) in [6.07, 6.45) is -2.19. The Labute approximate surface area is 57.7 Å². The third-order valence-electron chi connectivity index (χ3n) is 1.27. The fourth-order valence-corrected chi connectivity index (χ4v) is 0.785. The maximum Gasteiger partial charge on any atom is 0.404 e. The molecule has 0 radical (unpaired) electrons. The molecule has 0 aromatic carbocycles. The van der Waals surface area contributed by atoms with E-state index in [9.17, 15) is 4.79 Å². The van der Waals surface area contributed by atoms with Gasteiger partial charge in [0.1, 0.15) is 6.10 Å². The minimum atomic E-state index is -0.880. The number of ether oxygens (including phenoxy) is 2. The lowest BCUT2D eigenvalue weighted by Gasteiger charge is -2.10. The third-order valence-corrected chi connectivity index (χ3v) is 1.27. The van der Waals surface area contributed by atoms with Gasteiger partial charge in [-0.2, -0.15) is 0 Å². The molecule has 1 heterocycles. The zero-order chi connectivity index (χ0) is 7.56. The second-order valence-electron chi connectivity index (χ2n) is 2.08. The summed E-state index contributed by atoms with van der Waals surface area (Å²) in [5.74, 6) is 0. The summed E-state index contributed by atoms with van der Waals surface area (Å²) < 4.78 is 9.27. The van der Waals surface area contributed by atoms with Crippen LogP contribution in [0.3, 0.4) is 0 Å². The summed E-state index contributed by atoms with van der Waals surface area (Å²) in [5, 5.41) is 8.98. The maximum absolute atomic E-state index is 10.1. The standard InChI is InChI=1S/C5H9NO4/c6-5(8)10-4-2-9-1-3(4)7/h3-4,7H,1-2H2,(H2,6,8)/t3-,4+/m1/s1. The predicted molar refractivity (Wildman–Crippen MR) is 31.3 cm³/mol. The molecule has 0 aliphatic carbocycles. The van der Waals surface area contributed by atoms with Crippen molar-refractivity contribution in [2.24, 2.45) is 5.73 Å². The van der Waals surface area contributed by atoms with E-state index in [1.807, 2.05) is 0 Å². The van der Waals surface area contributed by atoms with Crippen molar-refractivity contribution in [3.05, 3.63) is 0 Å². The Balaban J connectivity index is 2.33. The zero-order valence-electron chi connectivity index (χ0n) is 5.32. The van der Waals surface area contributed by atoms with E-state index in [4.69, 9.17) is 15.6 Å². The highest BCUT2D eigenvalue weighted by Gasteiger charge is 2.28. The lowest BCUT2D eigenvalue weighted by molar-refractivity contribution is 0.0373. The Hall–Kier alpha value is -0.810. The minimum Gasteiger partial charge on any atom is -0.441 e. The first-order valence-corrected chi connectivity index (χ1v) is 2.92. The summed E-state index contributed by atoms with van der Waals surface area (Å²) in [4.78, 5) is 10.1. The van der Waals surface area contributed by atoms with Gasteiger partial charge < -0.3 is 20.3 Å². The lowest BCUT2D eigenvalue weighted by Crippen LogP contribution is -2.31. The van der Waals surface area contributed by atoms with Crippen molar-refractivity contribution in [2.75, 3.05) is 13.2 Å². The molecule has 1 rings (SSSR count). The average molecular weight is 147 g/mol. The Bertz CT molecular complexity index is 138. The number of primary amides is 1. The van der Waals surface area contributed by atoms with Crippen molar-refractivity contribution in [1.82, 2.24) is 0 Å². The topological polar surface area (TPSA) is 81.8 Å². The van der Waals surface area contributed by atoms with Gasteiger partial charge in [-0.15, -0.1) is 0 Å². The quantitative estimate of drug-likeness (QED) is 0.490. The minimum absolute atomic E-state index is 0.206. The lowest BCUT2D eigenvalue weighted by atomic mass is 10.3. The number of amides is 1. The summed E-state index contributed by atoms with van der Waals surface area (Å²) >= 11 is 0. The first-order chi connectivity index (χ1) is 4.70. The fourth-order valence-electron chi connectivity index (χ4n) is 0.785. The van der Waals surface area contributed by atoms with Crippen LogP contribution in [0, 0.1) is 0 Å². The molecule has 1 fully saturated rings. The number of nitrogens with two attached hydrogens (primary N) is 1. The zero-order valence-corrected chi connectivity index (χ0v) is 5.32. The summed E-state index contributed by atoms with van der Waals surface area (Å²) in [6.45, 7) is 0.433. The number of carbonyl (C=O) groups is 1. The van der Waals surface area contributed by atoms with Gasteiger partial charge in [-0.25, -0.2) is 4.79 Å². The molecule has 1 aliphatic heterocycles. The van der Waals surface area contributed by atoms with E-state index in [1.54, 1.807) is 0 Å². The van der Waals surface area contributed by atoms with Crippen LogP contribution in [0.15, 0.2) is 0 Å². The van der Waals surface area contributed by atoms with Crippen molar-refractivity contribution >= 4 is 6.09 Å². The van der Waals surface area contributed by atoms with E-state index in [0.717, 1.165) is 0 Å². The number of hydrogen-bond donors (Lipinski definition) is 2. The smallest absolute Gasteiger partial charge is 0.404 e. The van der Waals surface area contributed by atoms with E-state index in [2.05, 4.69) is 4.74 Å². The summed E-state index contributed by atoms with van der Waals surface area (Å²) in [6, 6.07) is 0. The highest BCUT2D eigenvalue weighted by molar-refractivity contribution is 5.64. The molecule has 0 bridgehead atoms. The highest BCUT2D eigenvalue weighted by Crippen LogP contribution is 2.08. The molecule has 0 unspecified atom stereocenters. The van der Waals surface area contributed by atoms with E-state index in [0.29, 0.717) is 0 Å². The molecule has 0 spiro atoms. The number of hydrogen-bond acceptors (Lipinski definition) is 4. The van der Waals surface area contributed by atoms with Gasteiger partial charge in [0, 0.05) is 0 Å². The first-order valence-electron chi connectivity index (χ1n) is 2.92. The Morgan fingerprint density at radius 2 is 2.40 bits per heavy atom. The molecule has 0 aromatic rings. The highest BCUT2D eigenvalue weighted by atomic mass is 16.6. The molecule has 1 amide bonds. The van der Waals surface area contributed by atoms with Crippen LogP contribution < -0.4 is 5.73 Å². The molecule has 10 heavy (non-hydrogen) atoms. The van der Waals surface area contributed by atoms with Gasteiger partial charge in [0.2, 0.25) is 0 Å². The Kier molecular flexibility index (Phi) is 2.08. The normalized spacial score (nSPS) is 32.1. The van der Waals surface area contributed by atoms with Crippen molar-refractivity contribution < 1.29 is 19.4 Å². The van der Waals surface area contributed by atoms with Crippen molar-refractivity contribution in [2.45, 2.75) is 12.2 Å². The Morgan fingerprint density at radius 3 is 2.80 bits per heavy atom. The largest absolute Gasteiger partial charge is 0.441 e. The molecule has 1 saturated heterocycles. The van der Waals surface area contributed by atoms with E-state index < -0.39 is 18.3 Å². The van der Waals surface area contributed by atoms with Crippen LogP contribution in [-0.2, 0) is 9.47 Å². The van der Waals surface area contributed by atoms with Crippen molar-refractivity contribution in [1.29, 1.82) is 0 Å². The SMILES string of the molecule is NC(=O)O[C@H]1COC[C@H]1O. The number of rotatable bonds is 1. The monoisotopic (exact) mass is 147 g/mol. The first kappa shape index (κ1) is 7.30. The van der Waals surface area contributed by atoms with Gasteiger partial charge in [0.15, 0.2) is 6.10 Å². The van der Waals surface area contributed by atoms with Crippen LogP contribution in [0.2, 0.25) is 0 Å². The Morgan fingerprint density at radius 1 is 1.70 bits per heavy atom. The van der Waals surface area contributed by atoms with Crippen LogP contribution in [0.1, 0.15) is 0 Å². The summed E-state index contributed by atoms with van der Waals surface area (Å²) in [7, 11) is 0. The second-order valence-corrected chi connectivity index (χ2v) is 2.08. The fraction of sp³-hybridized carbons (Fsp3) is 0.800. The number of carbonyl (C=O) groups excluding carboxylic acids is 1. The van der Waals surface area contributed by atoms with Crippen LogP contribution in [0.5, 0.6) is 0 Å². The van der Waals surface area contributed by atoms with Gasteiger partial charge in [-0.05, 0) is 0 Å². The van der Waals surface area contributed by atoms with Crippen LogP contribution >= 0.6 is 0 Å². The van der Waals surface area contributed by atoms with Crippen molar-refractivity contribution in [3.8, 4) is 0 Å². The van der Waals surface area contributed by atoms with E-state index in [-0.39, 0.29) is 13.2 Å². The van der Waals surface area contributed by atoms with Gasteiger partial charge in [0.05, 0.1) is 13.2 Å². The molecule has 1 aliphatic rings. The van der Waals surface area contributed by atoms with Crippen LogP contribution in [-0.4, -0.2) is 36.6 Å². The second kappa shape index (κ2) is 2.85. The predicted octanol–water partition coefficient (Wildman–Crippen LogP) is -1.16. The van der Waals surface area contributed by atoms with E-state index in [1.165, 1.54) is 0 Å². The van der Waals surface area contributed by atoms with Gasteiger partial charge in [-0.3, -0.25) is 0 Å². The molecule has 5 heteroatoms. The maximum atomic E-state index is 10.1. The van der Waals surface area contributed by atoms with Gasteiger partial charge in [0.25, 0.3) is 0 Å². The third kappa shape index (κ3) is 1.58. The van der Waals surface area contributed by atoms with Crippen molar-refractivity contribution in [3.63, 3.8) is 0 Å². The average Bonchev–Trinajstić information content (AvgIpc) is 2.15. The van der Waals surface area contributed by atoms with Crippen LogP contribution in [0.25, 0.3) is 0 Å². The molecule has 5 nitrogen and oxygen atoms in total. The number of aliphatic hydroxyl groups excluding tert-OH is 1. The molecule has 0 aromatic heterocycles. The summed E-state index contributed by atoms with van der Waals surface area (Å²) in [5.41, 5.74) is 4.71. The van der Waals surface area contributed by atoms with Gasteiger partial charge >= 0.3 is 6.09 Å². The molecule has 0 saturated carbocycles. The van der Waals surface area contributed by atoms with Gasteiger partial charge in [-0.1, -0.05) is 0 Å². The number of aliphatic hydroxyl groups is 1. The molecule has 3 N–H and O–H groups in total. The van der Waals surface area contributed by atoms with Crippen LogP contribution in [0.4, 0.5) is 4.79 Å². The molecular weight excluding hydrogens is 138 g/mol. The molecule has 58 valence electrons. The van der Waals surface area contributed by atoms with E-state index >= 15 is 0 Å². The molecular formula is C5H9NO4. The molecule has 2 atom stereocenters.